The molecular formula is C24H37BN4O4. The molecule has 8 nitrogen and oxygen atoms in total. The van der Waals surface area contributed by atoms with Gasteiger partial charge in [-0.15, -0.1) is 0 Å². The number of ether oxygens (including phenoxy) is 1. The third kappa shape index (κ3) is 5.04. The quantitative estimate of drug-likeness (QED) is 0.670. The van der Waals surface area contributed by atoms with Crippen LogP contribution in [0.4, 0.5) is 4.79 Å². The number of rotatable bonds is 2. The highest BCUT2D eigenvalue weighted by atomic mass is 16.7. The van der Waals surface area contributed by atoms with Gasteiger partial charge in [-0.25, -0.2) is 14.8 Å². The Morgan fingerprint density at radius 1 is 1.15 bits per heavy atom. The number of aromatic nitrogens is 3. The minimum Gasteiger partial charge on any atom is -0.444 e. The van der Waals surface area contributed by atoms with E-state index >= 15 is 0 Å². The van der Waals surface area contributed by atoms with Crippen LogP contribution in [0, 0.1) is 0 Å². The molecule has 2 fully saturated rings. The average molecular weight is 456 g/mol. The average Bonchev–Trinajstić information content (AvgIpc) is 3.17. The monoisotopic (exact) mass is 456 g/mol. The Hall–Kier alpha value is -2.13. The first kappa shape index (κ1) is 24.0. The normalized spacial score (nSPS) is 23.4. The van der Waals surface area contributed by atoms with Crippen LogP contribution < -0.4 is 5.46 Å². The second-order valence-corrected chi connectivity index (χ2v) is 11.2. The molecule has 33 heavy (non-hydrogen) atoms. The molecular weight excluding hydrogens is 419 g/mol. The van der Waals surface area contributed by atoms with Crippen LogP contribution in [-0.4, -0.2) is 56.4 Å². The van der Waals surface area contributed by atoms with Crippen LogP contribution in [0.15, 0.2) is 12.3 Å². The molecule has 0 spiro atoms. The Balaban J connectivity index is 1.62. The van der Waals surface area contributed by atoms with Crippen LogP contribution in [0.2, 0.25) is 0 Å². The molecule has 4 heterocycles. The maximum absolute atomic E-state index is 13.0. The summed E-state index contributed by atoms with van der Waals surface area (Å²) in [5.41, 5.74) is 0.895. The summed E-state index contributed by atoms with van der Waals surface area (Å²) in [6, 6.07) is 1.82. The summed E-state index contributed by atoms with van der Waals surface area (Å²) >= 11 is 0. The minimum absolute atomic E-state index is 0.172. The molecule has 9 heteroatoms. The number of H-pyrrole nitrogens is 1. The van der Waals surface area contributed by atoms with Crippen molar-refractivity contribution in [1.29, 1.82) is 0 Å². The Morgan fingerprint density at radius 3 is 2.48 bits per heavy atom. The number of imidazole rings is 1. The lowest BCUT2D eigenvalue weighted by molar-refractivity contribution is 0.00578. The van der Waals surface area contributed by atoms with Gasteiger partial charge in [0.05, 0.1) is 22.8 Å². The number of carbonyl (C=O) groups excluding carboxylic acids is 1. The van der Waals surface area contributed by atoms with Crippen LogP contribution in [-0.2, 0) is 14.0 Å². The van der Waals surface area contributed by atoms with Gasteiger partial charge in [-0.05, 0) is 67.4 Å². The van der Waals surface area contributed by atoms with E-state index in [9.17, 15) is 4.79 Å². The first-order chi connectivity index (χ1) is 15.4. The predicted molar refractivity (Wildman–Crippen MR) is 128 cm³/mol. The van der Waals surface area contributed by atoms with Crippen molar-refractivity contribution < 1.29 is 18.8 Å². The predicted octanol–water partition coefficient (Wildman–Crippen LogP) is 4.50. The van der Waals surface area contributed by atoms with Crippen LogP contribution in [0.25, 0.3) is 11.2 Å². The lowest BCUT2D eigenvalue weighted by Gasteiger charge is -2.34. The van der Waals surface area contributed by atoms with Gasteiger partial charge in [-0.3, -0.25) is 4.90 Å². The first-order valence-corrected chi connectivity index (χ1v) is 12.1. The summed E-state index contributed by atoms with van der Waals surface area (Å²) in [4.78, 5) is 27.6. The van der Waals surface area contributed by atoms with E-state index in [1.165, 1.54) is 0 Å². The van der Waals surface area contributed by atoms with Crippen LogP contribution in [0.3, 0.4) is 0 Å². The number of aromatic amines is 1. The Bertz CT molecular complexity index is 998. The fourth-order valence-corrected chi connectivity index (χ4v) is 4.31. The van der Waals surface area contributed by atoms with E-state index in [0.29, 0.717) is 12.2 Å². The van der Waals surface area contributed by atoms with Gasteiger partial charge >= 0.3 is 13.2 Å². The van der Waals surface area contributed by atoms with Gasteiger partial charge in [0, 0.05) is 18.2 Å². The number of fused-ring (bicyclic) bond motifs is 1. The minimum atomic E-state index is -0.544. The van der Waals surface area contributed by atoms with Gasteiger partial charge in [0.2, 0.25) is 0 Å². The van der Waals surface area contributed by atoms with E-state index in [1.54, 1.807) is 6.20 Å². The number of nitrogens with one attached hydrogen (secondary N) is 1. The lowest BCUT2D eigenvalue weighted by atomic mass is 9.80. The molecule has 4 rings (SSSR count). The molecule has 0 radical (unpaired) electrons. The zero-order valence-corrected chi connectivity index (χ0v) is 21.0. The van der Waals surface area contributed by atoms with Gasteiger partial charge in [0.25, 0.3) is 0 Å². The topological polar surface area (TPSA) is 89.6 Å². The zero-order valence-electron chi connectivity index (χ0n) is 21.0. The van der Waals surface area contributed by atoms with Gasteiger partial charge in [-0.2, -0.15) is 0 Å². The van der Waals surface area contributed by atoms with Gasteiger partial charge in [0.1, 0.15) is 11.4 Å². The van der Waals surface area contributed by atoms with Crippen LogP contribution in [0.1, 0.15) is 92.4 Å². The second kappa shape index (κ2) is 8.58. The van der Waals surface area contributed by atoms with Gasteiger partial charge in [0.15, 0.2) is 5.65 Å². The molecule has 2 saturated heterocycles. The number of pyridine rings is 1. The van der Waals surface area contributed by atoms with Crippen molar-refractivity contribution in [3.63, 3.8) is 0 Å². The van der Waals surface area contributed by atoms with Gasteiger partial charge < -0.3 is 19.0 Å². The van der Waals surface area contributed by atoms with E-state index in [-0.39, 0.29) is 12.1 Å². The third-order valence-electron chi connectivity index (χ3n) is 6.85. The molecule has 2 aromatic rings. The smallest absolute Gasteiger partial charge is 0.444 e. The number of hydrogen-bond donors (Lipinski definition) is 1. The van der Waals surface area contributed by atoms with Crippen molar-refractivity contribution in [3.05, 3.63) is 18.1 Å². The molecule has 2 aromatic heterocycles. The SMILES string of the molecule is CC(C)(C)OC(=O)N1CCCCCCC1c1nc2ncc(B3OC(C)(C)C(C)(C)O3)cc2[nH]1. The van der Waals surface area contributed by atoms with Crippen molar-refractivity contribution in [2.24, 2.45) is 0 Å². The number of nitrogens with zero attached hydrogens (tertiary/aromatic N) is 3. The maximum atomic E-state index is 13.0. The molecule has 1 unspecified atom stereocenters. The fourth-order valence-electron chi connectivity index (χ4n) is 4.31. The Morgan fingerprint density at radius 2 is 1.82 bits per heavy atom. The highest BCUT2D eigenvalue weighted by Crippen LogP contribution is 2.36. The Labute approximate surface area is 196 Å². The molecule has 2 aliphatic rings. The molecule has 1 atom stereocenters. The largest absolute Gasteiger partial charge is 0.496 e. The van der Waals surface area contributed by atoms with Crippen LogP contribution >= 0.6 is 0 Å². The summed E-state index contributed by atoms with van der Waals surface area (Å²) in [6.07, 6.45) is 6.57. The van der Waals surface area contributed by atoms with Crippen molar-refractivity contribution in [3.8, 4) is 0 Å². The Kier molecular flexibility index (Phi) is 6.24. The number of hydrogen-bond acceptors (Lipinski definition) is 6. The van der Waals surface area contributed by atoms with Crippen LogP contribution in [0.5, 0.6) is 0 Å². The molecule has 0 bridgehead atoms. The molecule has 1 amide bonds. The van der Waals surface area contributed by atoms with E-state index in [1.807, 2.05) is 59.4 Å². The molecule has 0 aromatic carbocycles. The molecule has 1 N–H and O–H groups in total. The molecule has 180 valence electrons. The molecule has 2 aliphatic heterocycles. The number of carbonyl (C=O) groups is 1. The zero-order chi connectivity index (χ0) is 24.0. The number of likely N-dealkylation sites (tertiary alicyclic amines) is 1. The summed E-state index contributed by atoms with van der Waals surface area (Å²) in [7, 11) is -0.488. The van der Waals surface area contributed by atoms with Crippen molar-refractivity contribution in [2.75, 3.05) is 6.54 Å². The van der Waals surface area contributed by atoms with E-state index in [2.05, 4.69) is 9.97 Å². The standard InChI is InChI=1S/C24H37BN4O4/c1-22(2,3)31-21(30)29-13-11-9-8-10-12-18(29)20-27-17-14-16(15-26-19(17)28-20)25-32-23(4,5)24(6,7)33-25/h14-15,18H,8-13H2,1-7H3,(H,26,27,28). The molecule has 0 saturated carbocycles. The first-order valence-electron chi connectivity index (χ1n) is 12.1. The second-order valence-electron chi connectivity index (χ2n) is 11.2. The lowest BCUT2D eigenvalue weighted by Crippen LogP contribution is -2.41. The number of amides is 1. The van der Waals surface area contributed by atoms with Crippen molar-refractivity contribution >= 4 is 29.8 Å². The van der Waals surface area contributed by atoms with E-state index in [4.69, 9.17) is 19.0 Å². The van der Waals surface area contributed by atoms with E-state index in [0.717, 1.165) is 48.9 Å². The maximum Gasteiger partial charge on any atom is 0.496 e. The highest BCUT2D eigenvalue weighted by Gasteiger charge is 2.52. The van der Waals surface area contributed by atoms with Crippen molar-refractivity contribution in [1.82, 2.24) is 19.9 Å². The third-order valence-corrected chi connectivity index (χ3v) is 6.85. The summed E-state index contributed by atoms with van der Waals surface area (Å²) in [5, 5.41) is 0. The van der Waals surface area contributed by atoms with Gasteiger partial charge in [-0.1, -0.05) is 19.3 Å². The summed E-state index contributed by atoms with van der Waals surface area (Å²) in [5.74, 6) is 0.747. The summed E-state index contributed by atoms with van der Waals surface area (Å²) < 4.78 is 18.1. The highest BCUT2D eigenvalue weighted by molar-refractivity contribution is 6.62. The fraction of sp³-hybridized carbons (Fsp3) is 0.708. The van der Waals surface area contributed by atoms with Crippen molar-refractivity contribution in [2.45, 2.75) is 103 Å². The molecule has 0 aliphatic carbocycles. The summed E-state index contributed by atoms with van der Waals surface area (Å²) in [6.45, 7) is 14.5. The van der Waals surface area contributed by atoms with E-state index < -0.39 is 23.9 Å².